The second-order valence-corrected chi connectivity index (χ2v) is 4.96. The van der Waals surface area contributed by atoms with E-state index in [0.717, 1.165) is 0 Å². The molecular formula is C17H44O4. The molecule has 0 saturated carbocycles. The minimum atomic E-state index is -1.11. The number of rotatable bonds is 4. The molecule has 0 aromatic rings. The highest BCUT2D eigenvalue weighted by Crippen LogP contribution is 2.11. The lowest BCUT2D eigenvalue weighted by molar-refractivity contribution is -0.0328. The van der Waals surface area contributed by atoms with Crippen LogP contribution in [0.2, 0.25) is 0 Å². The van der Waals surface area contributed by atoms with Gasteiger partial charge in [0.2, 0.25) is 0 Å². The minimum absolute atomic E-state index is 0.406. The van der Waals surface area contributed by atoms with Gasteiger partial charge in [0.1, 0.15) is 0 Å². The van der Waals surface area contributed by atoms with Crippen molar-refractivity contribution in [3.8, 4) is 0 Å². The molecule has 4 heteroatoms. The molecule has 0 aromatic carbocycles. The van der Waals surface area contributed by atoms with Crippen molar-refractivity contribution < 1.29 is 20.4 Å². The summed E-state index contributed by atoms with van der Waals surface area (Å²) in [6.45, 7) is 15.4. The average Bonchev–Trinajstić information content (AvgIpc) is 2.45. The lowest BCUT2D eigenvalue weighted by atomic mass is 9.93. The first-order valence-electron chi connectivity index (χ1n) is 8.34. The van der Waals surface area contributed by atoms with Crippen LogP contribution in [0.3, 0.4) is 0 Å². The topological polar surface area (TPSA) is 80.9 Å². The van der Waals surface area contributed by atoms with Crippen molar-refractivity contribution in [1.82, 2.24) is 0 Å². The Morgan fingerprint density at radius 3 is 0.524 bits per heavy atom. The van der Waals surface area contributed by atoms with Gasteiger partial charge in [-0.1, -0.05) is 81.1 Å². The summed E-state index contributed by atoms with van der Waals surface area (Å²) in [5.41, 5.74) is -1.11. The maximum absolute atomic E-state index is 8.50. The lowest BCUT2D eigenvalue weighted by Crippen LogP contribution is -2.37. The second kappa shape index (κ2) is 36.8. The first kappa shape index (κ1) is 32.7. The summed E-state index contributed by atoms with van der Waals surface area (Å²) in [4.78, 5) is 0. The summed E-state index contributed by atoms with van der Waals surface area (Å²) >= 11 is 0. The summed E-state index contributed by atoms with van der Waals surface area (Å²) in [7, 11) is 0. The molecule has 0 aliphatic carbocycles. The van der Waals surface area contributed by atoms with Gasteiger partial charge < -0.3 is 20.4 Å². The Morgan fingerprint density at radius 1 is 0.429 bits per heavy atom. The quantitative estimate of drug-likeness (QED) is 0.639. The molecule has 0 rings (SSSR count). The van der Waals surface area contributed by atoms with Crippen LogP contribution in [0.4, 0.5) is 0 Å². The molecule has 21 heavy (non-hydrogen) atoms. The van der Waals surface area contributed by atoms with E-state index < -0.39 is 31.8 Å². The molecule has 4 N–H and O–H groups in total. The zero-order valence-corrected chi connectivity index (χ0v) is 15.9. The van der Waals surface area contributed by atoms with Crippen LogP contribution >= 0.6 is 0 Å². The number of hydrogen-bond donors (Lipinski definition) is 4. The maximum atomic E-state index is 8.50. The average molecular weight is 313 g/mol. The zero-order valence-electron chi connectivity index (χ0n) is 15.9. The molecule has 0 aliphatic rings. The number of aliphatic hydroxyl groups excluding tert-OH is 4. The van der Waals surface area contributed by atoms with Gasteiger partial charge in [-0.25, -0.2) is 0 Å². The summed E-state index contributed by atoms with van der Waals surface area (Å²) in [6.07, 6.45) is 5.00. The van der Waals surface area contributed by atoms with E-state index in [0.29, 0.717) is 0 Å². The molecule has 0 saturated heterocycles. The molecule has 0 atom stereocenters. The van der Waals surface area contributed by atoms with E-state index in [9.17, 15) is 0 Å². The zero-order chi connectivity index (χ0) is 18.2. The lowest BCUT2D eigenvalue weighted by Gasteiger charge is -2.23. The van der Waals surface area contributed by atoms with E-state index >= 15 is 0 Å². The largest absolute Gasteiger partial charge is 0.396 e. The van der Waals surface area contributed by atoms with E-state index in [1.54, 1.807) is 0 Å². The Hall–Kier alpha value is -0.160. The highest BCUT2D eigenvalue weighted by Gasteiger charge is 2.26. The Labute approximate surface area is 134 Å². The van der Waals surface area contributed by atoms with E-state index in [4.69, 9.17) is 20.4 Å². The predicted octanol–water partition coefficient (Wildman–Crippen LogP) is 3.61. The third kappa shape index (κ3) is 45.0. The van der Waals surface area contributed by atoms with Crippen LogP contribution in [0.5, 0.6) is 0 Å². The van der Waals surface area contributed by atoms with Crippen molar-refractivity contribution in [2.75, 3.05) is 26.4 Å². The molecule has 0 bridgehead atoms. The third-order valence-corrected chi connectivity index (χ3v) is 1.34. The molecule has 0 aliphatic heterocycles. The second-order valence-electron chi connectivity index (χ2n) is 4.96. The van der Waals surface area contributed by atoms with Gasteiger partial charge in [0.25, 0.3) is 0 Å². The Kier molecular flexibility index (Phi) is 57.2. The van der Waals surface area contributed by atoms with Crippen LogP contribution in [0.15, 0.2) is 0 Å². The molecule has 0 radical (unpaired) electrons. The first-order chi connectivity index (χ1) is 9.90. The Morgan fingerprint density at radius 2 is 0.524 bits per heavy atom. The van der Waals surface area contributed by atoms with Gasteiger partial charge in [0, 0.05) is 0 Å². The van der Waals surface area contributed by atoms with E-state index in [1.807, 2.05) is 0 Å². The van der Waals surface area contributed by atoms with Crippen molar-refractivity contribution in [2.45, 2.75) is 81.1 Å². The van der Waals surface area contributed by atoms with Gasteiger partial charge in [-0.05, 0) is 0 Å². The highest BCUT2D eigenvalue weighted by atomic mass is 16.3. The smallest absolute Gasteiger partial charge is 0.0627 e. The Balaban J connectivity index is -0.0000000593. The standard InChI is InChI=1S/C5H12O4.4C3H8/c6-1-5(2-7,3-8)4-9;4*1-3-2/h6-9H,1-4H2;4*3H2,1-2H3. The molecule has 0 amide bonds. The van der Waals surface area contributed by atoms with Crippen molar-refractivity contribution in [3.63, 3.8) is 0 Å². The summed E-state index contributed by atoms with van der Waals surface area (Å²) in [6, 6.07) is 0. The van der Waals surface area contributed by atoms with E-state index in [2.05, 4.69) is 55.4 Å². The minimum Gasteiger partial charge on any atom is -0.396 e. The van der Waals surface area contributed by atoms with Gasteiger partial charge in [0.15, 0.2) is 0 Å². The van der Waals surface area contributed by atoms with Crippen molar-refractivity contribution >= 4 is 0 Å². The number of aliphatic hydroxyl groups is 4. The van der Waals surface area contributed by atoms with Gasteiger partial charge in [-0.2, -0.15) is 0 Å². The first-order valence-corrected chi connectivity index (χ1v) is 8.34. The molecule has 0 spiro atoms. The maximum Gasteiger partial charge on any atom is 0.0627 e. The number of hydrogen-bond acceptors (Lipinski definition) is 4. The van der Waals surface area contributed by atoms with Crippen molar-refractivity contribution in [2.24, 2.45) is 5.41 Å². The van der Waals surface area contributed by atoms with Crippen LogP contribution in [-0.2, 0) is 0 Å². The van der Waals surface area contributed by atoms with Crippen LogP contribution in [0, 0.1) is 5.41 Å². The fraction of sp³-hybridized carbons (Fsp3) is 1.00. The molecule has 0 heterocycles. The van der Waals surface area contributed by atoms with Crippen LogP contribution in [0.1, 0.15) is 81.1 Å². The highest BCUT2D eigenvalue weighted by molar-refractivity contribution is 4.74. The van der Waals surface area contributed by atoms with Crippen LogP contribution in [-0.4, -0.2) is 46.9 Å². The predicted molar refractivity (Wildman–Crippen MR) is 94.6 cm³/mol. The Bertz CT molecular complexity index is 89.8. The molecule has 136 valence electrons. The van der Waals surface area contributed by atoms with Crippen molar-refractivity contribution in [1.29, 1.82) is 0 Å². The molecule has 0 unspecified atom stereocenters. The van der Waals surface area contributed by atoms with Gasteiger partial charge in [0.05, 0.1) is 31.8 Å². The monoisotopic (exact) mass is 312 g/mol. The van der Waals surface area contributed by atoms with Crippen molar-refractivity contribution in [3.05, 3.63) is 0 Å². The fourth-order valence-corrected chi connectivity index (χ4v) is 0.300. The summed E-state index contributed by atoms with van der Waals surface area (Å²) in [5, 5.41) is 34.0. The van der Waals surface area contributed by atoms with Gasteiger partial charge in [-0.15, -0.1) is 0 Å². The van der Waals surface area contributed by atoms with Crippen LogP contribution in [0.25, 0.3) is 0 Å². The third-order valence-electron chi connectivity index (χ3n) is 1.34. The summed E-state index contributed by atoms with van der Waals surface area (Å²) < 4.78 is 0. The SMILES string of the molecule is CCC.CCC.CCC.CCC.OCC(CO)(CO)CO. The van der Waals surface area contributed by atoms with Crippen LogP contribution < -0.4 is 0 Å². The fourth-order valence-electron chi connectivity index (χ4n) is 0.300. The van der Waals surface area contributed by atoms with Gasteiger partial charge >= 0.3 is 0 Å². The summed E-state index contributed by atoms with van der Waals surface area (Å²) in [5.74, 6) is 0. The molecule has 4 nitrogen and oxygen atoms in total. The molecule has 0 fully saturated rings. The van der Waals surface area contributed by atoms with Gasteiger partial charge in [-0.3, -0.25) is 0 Å². The molecular weight excluding hydrogens is 268 g/mol. The molecule has 0 aromatic heterocycles. The normalized spacial score (nSPS) is 8.57. The van der Waals surface area contributed by atoms with E-state index in [-0.39, 0.29) is 0 Å². The van der Waals surface area contributed by atoms with E-state index in [1.165, 1.54) is 25.7 Å².